The van der Waals surface area contributed by atoms with E-state index in [0.29, 0.717) is 32.4 Å². The van der Waals surface area contributed by atoms with Gasteiger partial charge in [-0.2, -0.15) is 0 Å². The van der Waals surface area contributed by atoms with E-state index in [9.17, 15) is 14.7 Å². The topological polar surface area (TPSA) is 94.1 Å². The normalized spacial score (nSPS) is 16.2. The summed E-state index contributed by atoms with van der Waals surface area (Å²) < 4.78 is 19.4. The lowest BCUT2D eigenvalue weighted by Crippen LogP contribution is -2.46. The van der Waals surface area contributed by atoms with Gasteiger partial charge in [0.1, 0.15) is 6.04 Å². The number of aliphatic hydroxyl groups excluding tert-OH is 1. The first-order chi connectivity index (χ1) is 26.9. The number of carbonyl (C=O) groups excluding carboxylic acids is 2. The SMILES string of the molecule is CCCCCCCCC(CCCCCCCC)OC(CCCCCCCC)(CCCCCCCC)OC(=O)CCCCCCCOC(=O)[C@@H]1C[C@@H](O)CCN1. The molecule has 0 aromatic carbocycles. The van der Waals surface area contributed by atoms with E-state index in [0.717, 1.165) is 70.6 Å². The molecule has 0 aromatic heterocycles. The first-order valence-electron chi connectivity index (χ1n) is 24.4. The molecule has 1 saturated heterocycles. The van der Waals surface area contributed by atoms with Crippen molar-refractivity contribution in [2.45, 2.75) is 283 Å². The molecule has 1 rings (SSSR count). The zero-order chi connectivity index (χ0) is 40.1. The first-order valence-corrected chi connectivity index (χ1v) is 24.4. The predicted molar refractivity (Wildman–Crippen MR) is 231 cm³/mol. The molecule has 0 saturated carbocycles. The number of aliphatic hydroxyl groups is 1. The van der Waals surface area contributed by atoms with Crippen LogP contribution in [0.25, 0.3) is 0 Å². The van der Waals surface area contributed by atoms with E-state index in [1.54, 1.807) is 0 Å². The van der Waals surface area contributed by atoms with Crippen molar-refractivity contribution in [3.05, 3.63) is 0 Å². The molecule has 0 spiro atoms. The molecule has 7 heteroatoms. The van der Waals surface area contributed by atoms with Gasteiger partial charge >= 0.3 is 11.9 Å². The Balaban J connectivity index is 2.87. The fourth-order valence-corrected chi connectivity index (χ4v) is 8.10. The summed E-state index contributed by atoms with van der Waals surface area (Å²) in [5.41, 5.74) is 0. The molecule has 1 heterocycles. The van der Waals surface area contributed by atoms with Gasteiger partial charge in [-0.1, -0.05) is 188 Å². The minimum absolute atomic E-state index is 0.0917. The van der Waals surface area contributed by atoms with Gasteiger partial charge in [0, 0.05) is 19.3 Å². The minimum Gasteiger partial charge on any atom is -0.465 e. The van der Waals surface area contributed by atoms with Crippen molar-refractivity contribution in [3.8, 4) is 0 Å². The van der Waals surface area contributed by atoms with Crippen LogP contribution in [0.1, 0.15) is 259 Å². The maximum atomic E-state index is 13.7. The molecule has 0 aliphatic carbocycles. The summed E-state index contributed by atoms with van der Waals surface area (Å²) in [4.78, 5) is 26.0. The molecule has 0 radical (unpaired) electrons. The quantitative estimate of drug-likeness (QED) is 0.0363. The summed E-state index contributed by atoms with van der Waals surface area (Å²) in [7, 11) is 0. The molecule has 326 valence electrons. The third kappa shape index (κ3) is 29.7. The summed E-state index contributed by atoms with van der Waals surface area (Å²) in [6.45, 7) is 10.2. The summed E-state index contributed by atoms with van der Waals surface area (Å²) in [6, 6.07) is -0.394. The van der Waals surface area contributed by atoms with E-state index < -0.39 is 17.9 Å². The van der Waals surface area contributed by atoms with Gasteiger partial charge in [-0.05, 0) is 57.9 Å². The predicted octanol–water partition coefficient (Wildman–Crippen LogP) is 13.6. The van der Waals surface area contributed by atoms with Crippen molar-refractivity contribution in [3.63, 3.8) is 0 Å². The second-order valence-corrected chi connectivity index (χ2v) is 17.1. The Hall–Kier alpha value is -1.18. The van der Waals surface area contributed by atoms with Gasteiger partial charge in [0.15, 0.2) is 0 Å². The molecule has 1 aliphatic heterocycles. The van der Waals surface area contributed by atoms with E-state index in [1.807, 2.05) is 0 Å². The highest BCUT2D eigenvalue weighted by Gasteiger charge is 2.37. The zero-order valence-electron chi connectivity index (χ0n) is 37.1. The molecular formula is C48H93NO6. The van der Waals surface area contributed by atoms with Gasteiger partial charge in [0.2, 0.25) is 5.79 Å². The first kappa shape index (κ1) is 51.8. The standard InChI is InChI=1S/C48H93NO6/c1-5-9-13-17-22-28-34-44(35-29-23-18-14-10-6-2)54-48(38-31-25-19-15-11-7-3,39-32-26-20-16-12-8-4)55-46(51)36-30-24-21-27-33-41-53-47(52)45-42-43(50)37-40-49-45/h43-45,49-50H,5-42H2,1-4H3/t43-,45-/m0/s1. The Morgan fingerprint density at radius 2 is 1.04 bits per heavy atom. The second-order valence-electron chi connectivity index (χ2n) is 17.1. The summed E-state index contributed by atoms with van der Waals surface area (Å²) in [6.07, 6.45) is 39.6. The molecule has 2 N–H and O–H groups in total. The number of hydrogen-bond donors (Lipinski definition) is 2. The average Bonchev–Trinajstić information content (AvgIpc) is 3.18. The molecule has 0 bridgehead atoms. The average molecular weight is 780 g/mol. The van der Waals surface area contributed by atoms with Crippen molar-refractivity contribution in [2.24, 2.45) is 0 Å². The number of unbranched alkanes of at least 4 members (excludes halogenated alkanes) is 24. The van der Waals surface area contributed by atoms with E-state index in [4.69, 9.17) is 14.2 Å². The van der Waals surface area contributed by atoms with Crippen molar-refractivity contribution >= 4 is 11.9 Å². The monoisotopic (exact) mass is 780 g/mol. The number of nitrogens with one attached hydrogen (secondary N) is 1. The number of rotatable bonds is 40. The Labute approximate surface area is 341 Å². The summed E-state index contributed by atoms with van der Waals surface area (Å²) in [5, 5.41) is 13.0. The lowest BCUT2D eigenvalue weighted by Gasteiger charge is -2.37. The van der Waals surface area contributed by atoms with Gasteiger partial charge in [0.05, 0.1) is 18.8 Å². The van der Waals surface area contributed by atoms with E-state index in [1.165, 1.54) is 141 Å². The van der Waals surface area contributed by atoms with Crippen LogP contribution in [0, 0.1) is 0 Å². The van der Waals surface area contributed by atoms with Crippen molar-refractivity contribution < 1.29 is 28.9 Å². The Morgan fingerprint density at radius 1 is 0.600 bits per heavy atom. The molecule has 1 aliphatic rings. The van der Waals surface area contributed by atoms with Gasteiger partial charge in [-0.15, -0.1) is 0 Å². The van der Waals surface area contributed by atoms with Crippen LogP contribution in [0.5, 0.6) is 0 Å². The summed E-state index contributed by atoms with van der Waals surface area (Å²) >= 11 is 0. The molecule has 0 aromatic rings. The molecule has 55 heavy (non-hydrogen) atoms. The van der Waals surface area contributed by atoms with Crippen LogP contribution in [0.4, 0.5) is 0 Å². The van der Waals surface area contributed by atoms with E-state index in [2.05, 4.69) is 33.0 Å². The van der Waals surface area contributed by atoms with Crippen LogP contribution in [0.2, 0.25) is 0 Å². The maximum Gasteiger partial charge on any atom is 0.323 e. The Kier molecular flexibility index (Phi) is 35.0. The van der Waals surface area contributed by atoms with Crippen LogP contribution in [0.15, 0.2) is 0 Å². The van der Waals surface area contributed by atoms with Crippen molar-refractivity contribution in [1.82, 2.24) is 5.32 Å². The Morgan fingerprint density at radius 3 is 1.53 bits per heavy atom. The van der Waals surface area contributed by atoms with Gasteiger partial charge in [0.25, 0.3) is 0 Å². The van der Waals surface area contributed by atoms with Crippen LogP contribution < -0.4 is 5.32 Å². The third-order valence-corrected chi connectivity index (χ3v) is 11.7. The minimum atomic E-state index is -0.811. The molecule has 7 nitrogen and oxygen atoms in total. The van der Waals surface area contributed by atoms with Gasteiger partial charge < -0.3 is 24.6 Å². The number of ether oxygens (including phenoxy) is 3. The van der Waals surface area contributed by atoms with Crippen LogP contribution >= 0.6 is 0 Å². The van der Waals surface area contributed by atoms with Crippen LogP contribution in [-0.2, 0) is 23.8 Å². The number of piperidine rings is 1. The zero-order valence-corrected chi connectivity index (χ0v) is 37.1. The fraction of sp³-hybridized carbons (Fsp3) is 0.958. The molecule has 0 amide bonds. The highest BCUT2D eigenvalue weighted by Crippen LogP contribution is 2.34. The second kappa shape index (κ2) is 37.1. The van der Waals surface area contributed by atoms with Crippen molar-refractivity contribution in [1.29, 1.82) is 0 Å². The lowest BCUT2D eigenvalue weighted by molar-refractivity contribution is -0.259. The van der Waals surface area contributed by atoms with Crippen molar-refractivity contribution in [2.75, 3.05) is 13.2 Å². The lowest BCUT2D eigenvalue weighted by atomic mass is 9.97. The molecule has 0 unspecified atom stereocenters. The van der Waals surface area contributed by atoms with E-state index in [-0.39, 0.29) is 18.0 Å². The Bertz CT molecular complexity index is 835. The summed E-state index contributed by atoms with van der Waals surface area (Å²) in [5.74, 6) is -1.16. The number of hydrogen-bond acceptors (Lipinski definition) is 7. The number of esters is 2. The molecule has 1 fully saturated rings. The highest BCUT2D eigenvalue weighted by atomic mass is 16.7. The van der Waals surface area contributed by atoms with Crippen LogP contribution in [0.3, 0.4) is 0 Å². The van der Waals surface area contributed by atoms with Gasteiger partial charge in [-0.25, -0.2) is 0 Å². The van der Waals surface area contributed by atoms with E-state index >= 15 is 0 Å². The largest absolute Gasteiger partial charge is 0.465 e. The maximum absolute atomic E-state index is 13.7. The van der Waals surface area contributed by atoms with Gasteiger partial charge in [-0.3, -0.25) is 9.59 Å². The number of carbonyl (C=O) groups is 2. The fourth-order valence-electron chi connectivity index (χ4n) is 8.10. The molecular weight excluding hydrogens is 687 g/mol. The smallest absolute Gasteiger partial charge is 0.323 e. The molecule has 2 atom stereocenters. The highest BCUT2D eigenvalue weighted by molar-refractivity contribution is 5.76. The third-order valence-electron chi connectivity index (χ3n) is 11.7. The van der Waals surface area contributed by atoms with Crippen LogP contribution in [-0.4, -0.2) is 54.2 Å².